The van der Waals surface area contributed by atoms with Crippen molar-refractivity contribution in [2.45, 2.75) is 56.7 Å². The van der Waals surface area contributed by atoms with E-state index in [1.807, 2.05) is 11.0 Å². The van der Waals surface area contributed by atoms with Gasteiger partial charge in [0.1, 0.15) is 6.10 Å². The zero-order chi connectivity index (χ0) is 15.6. The van der Waals surface area contributed by atoms with Crippen LogP contribution >= 0.6 is 0 Å². The first-order valence-electron chi connectivity index (χ1n) is 9.07. The Morgan fingerprint density at radius 2 is 1.74 bits per heavy atom. The fourth-order valence-corrected chi connectivity index (χ4v) is 3.97. The molecular formula is C19H26N2O2. The molecule has 3 aliphatic rings. The normalized spacial score (nSPS) is 26.4. The largest absolute Gasteiger partial charge is 0.446 e. The van der Waals surface area contributed by atoms with Crippen molar-refractivity contribution in [1.82, 2.24) is 9.80 Å². The van der Waals surface area contributed by atoms with E-state index < -0.39 is 0 Å². The molecule has 0 N–H and O–H groups in total. The van der Waals surface area contributed by atoms with Crippen LogP contribution in [0.25, 0.3) is 0 Å². The molecule has 1 saturated heterocycles. The molecule has 23 heavy (non-hydrogen) atoms. The lowest BCUT2D eigenvalue weighted by molar-refractivity contribution is 0.0233. The fraction of sp³-hybridized carbons (Fsp3) is 0.632. The Morgan fingerprint density at radius 3 is 2.43 bits per heavy atom. The number of piperazine rings is 1. The van der Waals surface area contributed by atoms with Gasteiger partial charge in [-0.05, 0) is 44.1 Å². The molecule has 0 bridgehead atoms. The van der Waals surface area contributed by atoms with Crippen LogP contribution in [0, 0.1) is 0 Å². The Kier molecular flexibility index (Phi) is 4.25. The topological polar surface area (TPSA) is 32.8 Å². The molecule has 3 fully saturated rings. The van der Waals surface area contributed by atoms with Crippen molar-refractivity contribution in [1.29, 1.82) is 0 Å². The zero-order valence-corrected chi connectivity index (χ0v) is 13.7. The van der Waals surface area contributed by atoms with Gasteiger partial charge in [-0.3, -0.25) is 9.80 Å². The van der Waals surface area contributed by atoms with Crippen molar-refractivity contribution in [3.63, 3.8) is 0 Å². The highest BCUT2D eigenvalue weighted by Gasteiger charge is 2.39. The molecule has 0 spiro atoms. The Balaban J connectivity index is 1.49. The summed E-state index contributed by atoms with van der Waals surface area (Å²) < 4.78 is 5.78. The van der Waals surface area contributed by atoms with Crippen molar-refractivity contribution < 1.29 is 9.53 Å². The number of amides is 1. The van der Waals surface area contributed by atoms with E-state index in [2.05, 4.69) is 29.2 Å². The number of benzene rings is 1. The van der Waals surface area contributed by atoms with Crippen molar-refractivity contribution >= 4 is 6.09 Å². The van der Waals surface area contributed by atoms with Crippen LogP contribution in [0.4, 0.5) is 4.79 Å². The molecule has 4 nitrogen and oxygen atoms in total. The summed E-state index contributed by atoms with van der Waals surface area (Å²) >= 11 is 0. The second-order valence-corrected chi connectivity index (χ2v) is 7.14. The molecule has 1 aliphatic heterocycles. The molecular weight excluding hydrogens is 288 g/mol. The summed E-state index contributed by atoms with van der Waals surface area (Å²) in [5, 5.41) is 0. The van der Waals surface area contributed by atoms with Crippen molar-refractivity contribution in [2.24, 2.45) is 0 Å². The standard InChI is InChI=1S/C19H26N2O2/c22-19(23-17-8-4-5-9-17)21-13-12-20(16-10-11-16)14-18(21)15-6-2-1-3-7-15/h1-3,6-7,16-18H,4-5,8-14H2/t18-/m1/s1. The molecule has 0 radical (unpaired) electrons. The molecule has 124 valence electrons. The van der Waals surface area contributed by atoms with E-state index in [4.69, 9.17) is 4.74 Å². The Bertz CT molecular complexity index is 538. The SMILES string of the molecule is O=C(OC1CCCC1)N1CCN(C2CC2)C[C@@H]1c1ccccc1. The lowest BCUT2D eigenvalue weighted by Gasteiger charge is -2.41. The van der Waals surface area contributed by atoms with E-state index in [9.17, 15) is 4.79 Å². The highest BCUT2D eigenvalue weighted by molar-refractivity contribution is 5.69. The number of hydrogen-bond donors (Lipinski definition) is 0. The highest BCUT2D eigenvalue weighted by Crippen LogP contribution is 2.34. The molecule has 1 amide bonds. The van der Waals surface area contributed by atoms with E-state index in [0.717, 1.165) is 38.5 Å². The summed E-state index contributed by atoms with van der Waals surface area (Å²) in [6.45, 7) is 2.70. The average molecular weight is 314 g/mol. The maximum atomic E-state index is 12.7. The maximum absolute atomic E-state index is 12.7. The fourth-order valence-electron chi connectivity index (χ4n) is 3.97. The third kappa shape index (κ3) is 3.37. The molecule has 0 unspecified atom stereocenters. The number of carbonyl (C=O) groups is 1. The summed E-state index contributed by atoms with van der Waals surface area (Å²) in [6.07, 6.45) is 7.10. The molecule has 1 atom stereocenters. The molecule has 1 aromatic rings. The second-order valence-electron chi connectivity index (χ2n) is 7.14. The average Bonchev–Trinajstić information content (AvgIpc) is 3.33. The van der Waals surface area contributed by atoms with E-state index in [0.29, 0.717) is 0 Å². The summed E-state index contributed by atoms with van der Waals surface area (Å²) in [5.74, 6) is 0. The molecule has 1 heterocycles. The lowest BCUT2D eigenvalue weighted by atomic mass is 10.0. The summed E-state index contributed by atoms with van der Waals surface area (Å²) in [5.41, 5.74) is 1.22. The van der Waals surface area contributed by atoms with Crippen molar-refractivity contribution in [3.05, 3.63) is 35.9 Å². The van der Waals surface area contributed by atoms with Gasteiger partial charge in [0, 0.05) is 25.7 Å². The monoisotopic (exact) mass is 314 g/mol. The van der Waals surface area contributed by atoms with Gasteiger partial charge in [0.15, 0.2) is 0 Å². The minimum atomic E-state index is -0.110. The molecule has 4 rings (SSSR count). The van der Waals surface area contributed by atoms with Gasteiger partial charge in [-0.25, -0.2) is 4.79 Å². The molecule has 1 aromatic carbocycles. The maximum Gasteiger partial charge on any atom is 0.410 e. The van der Waals surface area contributed by atoms with Gasteiger partial charge in [0.2, 0.25) is 0 Å². The van der Waals surface area contributed by atoms with Crippen LogP contribution in [0.3, 0.4) is 0 Å². The first-order valence-corrected chi connectivity index (χ1v) is 9.07. The predicted molar refractivity (Wildman–Crippen MR) is 89.2 cm³/mol. The van der Waals surface area contributed by atoms with E-state index in [1.165, 1.54) is 31.2 Å². The summed E-state index contributed by atoms with van der Waals surface area (Å²) in [6, 6.07) is 11.3. The number of carbonyl (C=O) groups excluding carboxylic acids is 1. The van der Waals surface area contributed by atoms with Crippen LogP contribution in [0.2, 0.25) is 0 Å². The lowest BCUT2D eigenvalue weighted by Crippen LogP contribution is -2.51. The van der Waals surface area contributed by atoms with Gasteiger partial charge in [-0.2, -0.15) is 0 Å². The van der Waals surface area contributed by atoms with Crippen molar-refractivity contribution in [2.75, 3.05) is 19.6 Å². The van der Waals surface area contributed by atoms with E-state index in [-0.39, 0.29) is 18.2 Å². The van der Waals surface area contributed by atoms with Gasteiger partial charge in [-0.1, -0.05) is 30.3 Å². The van der Waals surface area contributed by atoms with Crippen molar-refractivity contribution in [3.8, 4) is 0 Å². The predicted octanol–water partition coefficient (Wildman–Crippen LogP) is 3.59. The Labute approximate surface area is 138 Å². The smallest absolute Gasteiger partial charge is 0.410 e. The third-order valence-electron chi connectivity index (χ3n) is 5.46. The summed E-state index contributed by atoms with van der Waals surface area (Å²) in [7, 11) is 0. The number of hydrogen-bond acceptors (Lipinski definition) is 3. The van der Waals surface area contributed by atoms with Crippen LogP contribution in [0.1, 0.15) is 50.1 Å². The first kappa shape index (κ1) is 15.0. The third-order valence-corrected chi connectivity index (χ3v) is 5.46. The van der Waals surface area contributed by atoms with E-state index in [1.54, 1.807) is 0 Å². The van der Waals surface area contributed by atoms with Gasteiger partial charge in [-0.15, -0.1) is 0 Å². The Hall–Kier alpha value is -1.55. The summed E-state index contributed by atoms with van der Waals surface area (Å²) in [4.78, 5) is 17.2. The van der Waals surface area contributed by atoms with Gasteiger partial charge >= 0.3 is 6.09 Å². The number of ether oxygens (including phenoxy) is 1. The molecule has 4 heteroatoms. The molecule has 0 aromatic heterocycles. The van der Waals surface area contributed by atoms with Crippen LogP contribution in [0.5, 0.6) is 0 Å². The van der Waals surface area contributed by atoms with Crippen LogP contribution in [-0.4, -0.2) is 47.7 Å². The van der Waals surface area contributed by atoms with Crippen LogP contribution in [0.15, 0.2) is 30.3 Å². The van der Waals surface area contributed by atoms with E-state index >= 15 is 0 Å². The molecule has 2 saturated carbocycles. The first-order chi connectivity index (χ1) is 11.3. The number of nitrogens with zero attached hydrogens (tertiary/aromatic N) is 2. The Morgan fingerprint density at radius 1 is 1.00 bits per heavy atom. The zero-order valence-electron chi connectivity index (χ0n) is 13.7. The molecule has 2 aliphatic carbocycles. The van der Waals surface area contributed by atoms with Gasteiger partial charge in [0.25, 0.3) is 0 Å². The number of rotatable bonds is 3. The van der Waals surface area contributed by atoms with Gasteiger partial charge < -0.3 is 4.74 Å². The quantitative estimate of drug-likeness (QED) is 0.855. The minimum absolute atomic E-state index is 0.110. The highest BCUT2D eigenvalue weighted by atomic mass is 16.6. The van der Waals surface area contributed by atoms with Crippen LogP contribution in [-0.2, 0) is 4.74 Å². The second kappa shape index (κ2) is 6.52. The van der Waals surface area contributed by atoms with Crippen LogP contribution < -0.4 is 0 Å². The minimum Gasteiger partial charge on any atom is -0.446 e. The van der Waals surface area contributed by atoms with Gasteiger partial charge in [0.05, 0.1) is 6.04 Å².